The maximum Gasteiger partial charge on any atom is 0.307 e. The van der Waals surface area contributed by atoms with Gasteiger partial charge in [0, 0.05) is 24.7 Å². The molecule has 0 aromatic carbocycles. The first kappa shape index (κ1) is 12.8. The largest absolute Gasteiger partial charge is 0.466 e. The second-order valence-electron chi connectivity index (χ2n) is 5.23. The third kappa shape index (κ3) is 3.19. The van der Waals surface area contributed by atoms with Crippen molar-refractivity contribution in [3.05, 3.63) is 0 Å². The van der Waals surface area contributed by atoms with E-state index in [-0.39, 0.29) is 5.97 Å². The summed E-state index contributed by atoms with van der Waals surface area (Å²) in [6.45, 7) is 3.09. The molecule has 0 radical (unpaired) electrons. The smallest absolute Gasteiger partial charge is 0.307 e. The molecule has 4 heteroatoms. The highest BCUT2D eigenvalue weighted by Crippen LogP contribution is 2.34. The number of rotatable bonds is 5. The molecule has 0 amide bonds. The Labute approximate surface area is 104 Å². The monoisotopic (exact) mass is 240 g/mol. The van der Waals surface area contributed by atoms with Gasteiger partial charge in [-0.25, -0.2) is 0 Å². The molecule has 2 atom stereocenters. The van der Waals surface area contributed by atoms with Crippen LogP contribution in [0.4, 0.5) is 0 Å². The van der Waals surface area contributed by atoms with E-state index < -0.39 is 0 Å². The van der Waals surface area contributed by atoms with Crippen LogP contribution in [0.25, 0.3) is 0 Å². The van der Waals surface area contributed by atoms with E-state index in [4.69, 9.17) is 4.74 Å². The van der Waals surface area contributed by atoms with Crippen molar-refractivity contribution >= 4 is 5.97 Å². The van der Waals surface area contributed by atoms with Gasteiger partial charge < -0.3 is 15.0 Å². The van der Waals surface area contributed by atoms with E-state index in [0.717, 1.165) is 18.6 Å². The number of ether oxygens (including phenoxy) is 1. The van der Waals surface area contributed by atoms with Gasteiger partial charge in [0.2, 0.25) is 0 Å². The fourth-order valence-electron chi connectivity index (χ4n) is 3.19. The molecule has 0 saturated carbocycles. The van der Waals surface area contributed by atoms with Gasteiger partial charge in [0.15, 0.2) is 0 Å². The zero-order chi connectivity index (χ0) is 12.3. The fourth-order valence-corrected chi connectivity index (χ4v) is 3.19. The lowest BCUT2D eigenvalue weighted by molar-refractivity contribution is -0.143. The highest BCUT2D eigenvalue weighted by molar-refractivity contribution is 5.69. The zero-order valence-electron chi connectivity index (χ0n) is 10.9. The van der Waals surface area contributed by atoms with E-state index in [0.29, 0.717) is 19.1 Å². The Morgan fingerprint density at radius 1 is 1.35 bits per heavy atom. The maximum atomic E-state index is 11.2. The minimum atomic E-state index is -0.0871. The van der Waals surface area contributed by atoms with Crippen LogP contribution in [0.5, 0.6) is 0 Å². The number of carbonyl (C=O) groups excluding carboxylic acids is 1. The normalized spacial score (nSPS) is 32.7. The molecule has 2 aliphatic rings. The van der Waals surface area contributed by atoms with Gasteiger partial charge in [0.25, 0.3) is 0 Å². The predicted octanol–water partition coefficient (Wildman–Crippen LogP) is 1.15. The number of hydrogen-bond donors (Lipinski definition) is 1. The zero-order valence-corrected chi connectivity index (χ0v) is 10.9. The van der Waals surface area contributed by atoms with Crippen molar-refractivity contribution in [2.24, 2.45) is 0 Å². The fraction of sp³-hybridized carbons (Fsp3) is 0.923. The molecule has 1 N–H and O–H groups in total. The van der Waals surface area contributed by atoms with Crippen LogP contribution < -0.4 is 5.32 Å². The SMILES string of the molecule is CCOC(=O)CCNC1CC2CCC(C1)N2C. The van der Waals surface area contributed by atoms with Crippen molar-refractivity contribution in [1.82, 2.24) is 10.2 Å². The van der Waals surface area contributed by atoms with Crippen LogP contribution in [0.2, 0.25) is 0 Å². The second kappa shape index (κ2) is 5.83. The first-order valence-corrected chi connectivity index (χ1v) is 6.81. The molecule has 0 spiro atoms. The molecule has 2 fully saturated rings. The first-order chi connectivity index (χ1) is 8.20. The summed E-state index contributed by atoms with van der Waals surface area (Å²) in [4.78, 5) is 13.7. The van der Waals surface area contributed by atoms with Crippen LogP contribution >= 0.6 is 0 Å². The van der Waals surface area contributed by atoms with Gasteiger partial charge in [-0.1, -0.05) is 0 Å². The predicted molar refractivity (Wildman–Crippen MR) is 66.8 cm³/mol. The van der Waals surface area contributed by atoms with Crippen molar-refractivity contribution in [3.63, 3.8) is 0 Å². The lowest BCUT2D eigenvalue weighted by Gasteiger charge is -2.36. The number of nitrogens with one attached hydrogen (secondary N) is 1. The molecular formula is C13H24N2O2. The summed E-state index contributed by atoms with van der Waals surface area (Å²) < 4.78 is 4.92. The van der Waals surface area contributed by atoms with Crippen LogP contribution in [-0.2, 0) is 9.53 Å². The Hall–Kier alpha value is -0.610. The Bertz CT molecular complexity index is 256. The summed E-state index contributed by atoms with van der Waals surface area (Å²) in [7, 11) is 2.25. The van der Waals surface area contributed by atoms with Crippen LogP contribution in [0.1, 0.15) is 39.0 Å². The molecule has 0 aromatic heterocycles. The van der Waals surface area contributed by atoms with E-state index >= 15 is 0 Å². The molecule has 2 aliphatic heterocycles. The Morgan fingerprint density at radius 3 is 2.59 bits per heavy atom. The highest BCUT2D eigenvalue weighted by Gasteiger charge is 2.37. The standard InChI is InChI=1S/C13H24N2O2/c1-3-17-13(16)6-7-14-10-8-11-4-5-12(9-10)15(11)2/h10-12,14H,3-9H2,1-2H3. The van der Waals surface area contributed by atoms with Crippen molar-refractivity contribution in [2.75, 3.05) is 20.2 Å². The topological polar surface area (TPSA) is 41.6 Å². The van der Waals surface area contributed by atoms with Crippen molar-refractivity contribution in [1.29, 1.82) is 0 Å². The van der Waals surface area contributed by atoms with E-state index in [2.05, 4.69) is 17.3 Å². The van der Waals surface area contributed by atoms with Gasteiger partial charge in [0.05, 0.1) is 13.0 Å². The Balaban J connectivity index is 1.66. The minimum absolute atomic E-state index is 0.0871. The van der Waals surface area contributed by atoms with E-state index in [9.17, 15) is 4.79 Å². The van der Waals surface area contributed by atoms with Gasteiger partial charge in [-0.15, -0.1) is 0 Å². The van der Waals surface area contributed by atoms with E-state index in [1.165, 1.54) is 25.7 Å². The highest BCUT2D eigenvalue weighted by atomic mass is 16.5. The summed E-state index contributed by atoms with van der Waals surface area (Å²) in [5, 5.41) is 3.50. The summed E-state index contributed by atoms with van der Waals surface area (Å²) in [5.74, 6) is -0.0871. The van der Waals surface area contributed by atoms with Crippen molar-refractivity contribution in [2.45, 2.75) is 57.2 Å². The van der Waals surface area contributed by atoms with E-state index in [1.807, 2.05) is 6.92 Å². The van der Waals surface area contributed by atoms with Gasteiger partial charge in [-0.3, -0.25) is 4.79 Å². The summed E-state index contributed by atoms with van der Waals surface area (Å²) in [6.07, 6.45) is 5.65. The van der Waals surface area contributed by atoms with Crippen LogP contribution in [0.3, 0.4) is 0 Å². The maximum absolute atomic E-state index is 11.2. The summed E-state index contributed by atoms with van der Waals surface area (Å²) in [6, 6.07) is 2.11. The number of piperidine rings is 1. The number of fused-ring (bicyclic) bond motifs is 2. The molecule has 4 nitrogen and oxygen atoms in total. The summed E-state index contributed by atoms with van der Waals surface area (Å²) in [5.41, 5.74) is 0. The molecule has 2 rings (SSSR count). The van der Waals surface area contributed by atoms with Crippen LogP contribution in [0.15, 0.2) is 0 Å². The lowest BCUT2D eigenvalue weighted by Crippen LogP contribution is -2.47. The number of carbonyl (C=O) groups is 1. The lowest BCUT2D eigenvalue weighted by atomic mass is 9.98. The van der Waals surface area contributed by atoms with Gasteiger partial charge in [0.1, 0.15) is 0 Å². The molecular weight excluding hydrogens is 216 g/mol. The Kier molecular flexibility index (Phi) is 4.40. The molecule has 2 saturated heterocycles. The van der Waals surface area contributed by atoms with Crippen molar-refractivity contribution < 1.29 is 9.53 Å². The van der Waals surface area contributed by atoms with Crippen molar-refractivity contribution in [3.8, 4) is 0 Å². The average Bonchev–Trinajstić information content (AvgIpc) is 2.53. The first-order valence-electron chi connectivity index (χ1n) is 6.81. The van der Waals surface area contributed by atoms with Crippen LogP contribution in [0, 0.1) is 0 Å². The number of hydrogen-bond acceptors (Lipinski definition) is 4. The molecule has 17 heavy (non-hydrogen) atoms. The second-order valence-corrected chi connectivity index (χ2v) is 5.23. The van der Waals surface area contributed by atoms with Gasteiger partial charge in [-0.05, 0) is 39.7 Å². The molecule has 0 aromatic rings. The van der Waals surface area contributed by atoms with E-state index in [1.54, 1.807) is 0 Å². The molecule has 98 valence electrons. The number of esters is 1. The van der Waals surface area contributed by atoms with Crippen LogP contribution in [-0.4, -0.2) is 49.2 Å². The molecule has 0 aliphatic carbocycles. The quantitative estimate of drug-likeness (QED) is 0.732. The Morgan fingerprint density at radius 2 is 2.00 bits per heavy atom. The summed E-state index contributed by atoms with van der Waals surface area (Å²) >= 11 is 0. The van der Waals surface area contributed by atoms with Gasteiger partial charge >= 0.3 is 5.97 Å². The molecule has 2 heterocycles. The minimum Gasteiger partial charge on any atom is -0.466 e. The average molecular weight is 240 g/mol. The number of nitrogens with zero attached hydrogens (tertiary/aromatic N) is 1. The third-order valence-electron chi connectivity index (χ3n) is 4.17. The van der Waals surface area contributed by atoms with Gasteiger partial charge in [-0.2, -0.15) is 0 Å². The molecule has 2 unspecified atom stereocenters. The molecule has 2 bridgehead atoms. The third-order valence-corrected chi connectivity index (χ3v) is 4.17.